The van der Waals surface area contributed by atoms with Crippen LogP contribution in [0.5, 0.6) is 5.75 Å². The zero-order valence-corrected chi connectivity index (χ0v) is 26.0. The van der Waals surface area contributed by atoms with Crippen LogP contribution in [0.3, 0.4) is 0 Å². The van der Waals surface area contributed by atoms with Crippen LogP contribution in [-0.4, -0.2) is 49.9 Å². The average Bonchev–Trinajstić information content (AvgIpc) is 2.92. The molecule has 0 saturated carbocycles. The topological polar surface area (TPSA) is 96.0 Å². The third-order valence-corrected chi connectivity index (χ3v) is 8.31. The van der Waals surface area contributed by atoms with Crippen LogP contribution >= 0.6 is 11.6 Å². The van der Waals surface area contributed by atoms with Crippen LogP contribution in [0.15, 0.2) is 77.7 Å². The van der Waals surface area contributed by atoms with Crippen molar-refractivity contribution in [2.75, 3.05) is 17.5 Å². The van der Waals surface area contributed by atoms with Gasteiger partial charge in [-0.1, -0.05) is 30.7 Å². The Morgan fingerprint density at radius 3 is 2.07 bits per heavy atom. The molecule has 3 aromatic rings. The molecule has 0 fully saturated rings. The lowest BCUT2D eigenvalue weighted by Crippen LogP contribution is -2.55. The van der Waals surface area contributed by atoms with Gasteiger partial charge in [-0.15, -0.1) is 0 Å². The van der Waals surface area contributed by atoms with Crippen LogP contribution in [-0.2, 0) is 26.2 Å². The Kier molecular flexibility index (Phi) is 11.0. The number of nitrogens with zero attached hydrogens (tertiary/aromatic N) is 2. The molecular weight excluding hydrogens is 581 g/mol. The molecule has 0 aliphatic rings. The van der Waals surface area contributed by atoms with Crippen molar-refractivity contribution >= 4 is 39.1 Å². The van der Waals surface area contributed by atoms with E-state index >= 15 is 0 Å². The monoisotopic (exact) mass is 617 g/mol. The summed E-state index contributed by atoms with van der Waals surface area (Å²) in [6.07, 6.45) is 0.266. The van der Waals surface area contributed by atoms with Crippen molar-refractivity contribution in [3.05, 3.63) is 89.2 Å². The summed E-state index contributed by atoms with van der Waals surface area (Å²) in [6.45, 7) is 8.89. The van der Waals surface area contributed by atoms with E-state index in [0.29, 0.717) is 22.9 Å². The number of halogens is 2. The first-order chi connectivity index (χ1) is 19.7. The van der Waals surface area contributed by atoms with E-state index in [1.165, 1.54) is 53.4 Å². The van der Waals surface area contributed by atoms with Crippen molar-refractivity contribution in [2.24, 2.45) is 0 Å². The minimum Gasteiger partial charge on any atom is -0.494 e. The maximum atomic E-state index is 14.1. The number of benzene rings is 3. The summed E-state index contributed by atoms with van der Waals surface area (Å²) in [7, 11) is -4.25. The molecule has 3 rings (SSSR count). The van der Waals surface area contributed by atoms with Crippen LogP contribution in [0.25, 0.3) is 0 Å². The second-order valence-electron chi connectivity index (χ2n) is 10.7. The third kappa shape index (κ3) is 8.69. The lowest BCUT2D eigenvalue weighted by atomic mass is 10.1. The summed E-state index contributed by atoms with van der Waals surface area (Å²) in [4.78, 5) is 28.7. The molecule has 3 aromatic carbocycles. The van der Waals surface area contributed by atoms with E-state index in [4.69, 9.17) is 16.3 Å². The fourth-order valence-electron chi connectivity index (χ4n) is 4.30. The molecule has 0 heterocycles. The number of ether oxygens (including phenoxy) is 1. The quantitative estimate of drug-likeness (QED) is 0.277. The molecule has 0 aliphatic heterocycles. The fourth-order valence-corrected chi connectivity index (χ4v) is 5.84. The van der Waals surface area contributed by atoms with Gasteiger partial charge in [0, 0.05) is 17.1 Å². The van der Waals surface area contributed by atoms with Crippen molar-refractivity contribution in [1.29, 1.82) is 0 Å². The van der Waals surface area contributed by atoms with Gasteiger partial charge in [0.25, 0.3) is 10.0 Å². The van der Waals surface area contributed by atoms with E-state index in [2.05, 4.69) is 5.32 Å². The molecule has 11 heteroatoms. The van der Waals surface area contributed by atoms with Gasteiger partial charge in [0.15, 0.2) is 0 Å². The number of hydrogen-bond donors (Lipinski definition) is 1. The molecule has 0 spiro atoms. The second kappa shape index (κ2) is 14.0. The number of nitrogens with one attached hydrogen (secondary N) is 1. The Hall–Kier alpha value is -3.63. The lowest BCUT2D eigenvalue weighted by Gasteiger charge is -2.34. The number of rotatable bonds is 12. The highest BCUT2D eigenvalue weighted by molar-refractivity contribution is 7.92. The van der Waals surface area contributed by atoms with E-state index in [0.717, 1.165) is 4.31 Å². The van der Waals surface area contributed by atoms with Crippen LogP contribution < -0.4 is 14.4 Å². The predicted octanol–water partition coefficient (Wildman–Crippen LogP) is 5.80. The molecule has 8 nitrogen and oxygen atoms in total. The highest BCUT2D eigenvalue weighted by Gasteiger charge is 2.34. The molecule has 0 aromatic heterocycles. The first-order valence-electron chi connectivity index (χ1n) is 13.6. The molecule has 0 aliphatic carbocycles. The molecule has 226 valence electrons. The Bertz CT molecular complexity index is 1460. The van der Waals surface area contributed by atoms with E-state index in [1.807, 2.05) is 27.7 Å². The summed E-state index contributed by atoms with van der Waals surface area (Å²) in [5, 5.41) is 3.27. The molecule has 0 unspecified atom stereocenters. The van der Waals surface area contributed by atoms with E-state index in [-0.39, 0.29) is 29.5 Å². The summed E-state index contributed by atoms with van der Waals surface area (Å²) in [5.74, 6) is -0.889. The van der Waals surface area contributed by atoms with Gasteiger partial charge in [-0.2, -0.15) is 0 Å². The number of amides is 2. The second-order valence-corrected chi connectivity index (χ2v) is 13.0. The maximum absolute atomic E-state index is 14.1. The number of carbonyl (C=O) groups excluding carboxylic acids is 2. The molecule has 1 atom stereocenters. The first-order valence-corrected chi connectivity index (χ1v) is 15.4. The fraction of sp³-hybridized carbons (Fsp3) is 0.355. The SMILES string of the molecule is CCOc1ccc(N(CC(=O)N(Cc2ccc(F)cc2)[C@H](CC)C(=O)NC(C)(C)C)S(=O)(=O)c2ccc(Cl)cc2)cc1. The summed E-state index contributed by atoms with van der Waals surface area (Å²) in [6, 6.07) is 16.7. The van der Waals surface area contributed by atoms with Crippen molar-refractivity contribution in [1.82, 2.24) is 10.2 Å². The third-order valence-electron chi connectivity index (χ3n) is 6.27. The zero-order chi connectivity index (χ0) is 31.1. The maximum Gasteiger partial charge on any atom is 0.264 e. The average molecular weight is 618 g/mol. The van der Waals surface area contributed by atoms with Crippen LogP contribution in [0.1, 0.15) is 46.6 Å². The largest absolute Gasteiger partial charge is 0.494 e. The first kappa shape index (κ1) is 32.9. The molecular formula is C31H37ClFN3O5S. The number of carbonyl (C=O) groups is 2. The number of hydrogen-bond acceptors (Lipinski definition) is 5. The predicted molar refractivity (Wildman–Crippen MR) is 163 cm³/mol. The van der Waals surface area contributed by atoms with Gasteiger partial charge in [-0.05, 0) is 100 Å². The van der Waals surface area contributed by atoms with Crippen molar-refractivity contribution in [2.45, 2.75) is 64.1 Å². The Morgan fingerprint density at radius 1 is 0.952 bits per heavy atom. The molecule has 0 saturated heterocycles. The van der Waals surface area contributed by atoms with Crippen molar-refractivity contribution < 1.29 is 27.1 Å². The van der Waals surface area contributed by atoms with Crippen molar-refractivity contribution in [3.8, 4) is 5.75 Å². The van der Waals surface area contributed by atoms with Gasteiger partial charge in [0.05, 0.1) is 17.2 Å². The van der Waals surface area contributed by atoms with Gasteiger partial charge >= 0.3 is 0 Å². The number of anilines is 1. The molecule has 0 bridgehead atoms. The zero-order valence-electron chi connectivity index (χ0n) is 24.4. The summed E-state index contributed by atoms with van der Waals surface area (Å²) < 4.78 is 48.0. The lowest BCUT2D eigenvalue weighted by molar-refractivity contribution is -0.141. The summed E-state index contributed by atoms with van der Waals surface area (Å²) >= 11 is 6.00. The summed E-state index contributed by atoms with van der Waals surface area (Å²) in [5.41, 5.74) is 0.247. The Balaban J connectivity index is 2.07. The minimum atomic E-state index is -4.25. The van der Waals surface area contributed by atoms with E-state index < -0.39 is 39.9 Å². The smallest absolute Gasteiger partial charge is 0.264 e. The van der Waals surface area contributed by atoms with Crippen LogP contribution in [0.2, 0.25) is 5.02 Å². The highest BCUT2D eigenvalue weighted by atomic mass is 35.5. The molecule has 1 N–H and O–H groups in total. The van der Waals surface area contributed by atoms with Gasteiger partial charge in [0.2, 0.25) is 11.8 Å². The minimum absolute atomic E-state index is 0.0344. The standard InChI is InChI=1S/C31H37ClFN3O5S/c1-6-28(30(38)34-31(3,4)5)35(20-22-8-12-24(33)13-9-22)29(37)21-36(25-14-16-26(17-15-25)41-7-2)42(39,40)27-18-10-23(32)11-19-27/h8-19,28H,6-7,20-21H2,1-5H3,(H,34,38)/t28-/m1/s1. The van der Waals surface area contributed by atoms with Crippen LogP contribution in [0.4, 0.5) is 10.1 Å². The molecule has 42 heavy (non-hydrogen) atoms. The highest BCUT2D eigenvalue weighted by Crippen LogP contribution is 2.27. The Labute approximate surface area is 252 Å². The molecule has 2 amide bonds. The molecule has 0 radical (unpaired) electrons. The van der Waals surface area contributed by atoms with Gasteiger partial charge < -0.3 is 15.0 Å². The number of sulfonamides is 1. The normalized spacial score (nSPS) is 12.4. The van der Waals surface area contributed by atoms with Gasteiger partial charge in [0.1, 0.15) is 24.2 Å². The van der Waals surface area contributed by atoms with E-state index in [1.54, 1.807) is 31.2 Å². The van der Waals surface area contributed by atoms with Gasteiger partial charge in [-0.3, -0.25) is 13.9 Å². The van der Waals surface area contributed by atoms with Crippen LogP contribution in [0, 0.1) is 5.82 Å². The van der Waals surface area contributed by atoms with E-state index in [9.17, 15) is 22.4 Å². The Morgan fingerprint density at radius 2 is 1.55 bits per heavy atom. The van der Waals surface area contributed by atoms with Crippen molar-refractivity contribution in [3.63, 3.8) is 0 Å². The van der Waals surface area contributed by atoms with Gasteiger partial charge in [-0.25, -0.2) is 12.8 Å².